The summed E-state index contributed by atoms with van der Waals surface area (Å²) in [6.07, 6.45) is 3.33. The number of likely N-dealkylation sites (tertiary alicyclic amines) is 2. The first-order chi connectivity index (χ1) is 13.5. The second-order valence-corrected chi connectivity index (χ2v) is 7.60. The van der Waals surface area contributed by atoms with E-state index in [9.17, 15) is 9.59 Å². The Kier molecular flexibility index (Phi) is 6.31. The summed E-state index contributed by atoms with van der Waals surface area (Å²) in [5, 5.41) is 3.10. The predicted octanol–water partition coefficient (Wildman–Crippen LogP) is 2.87. The fraction of sp³-hybridized carbons (Fsp3) is 0.619. The Hall–Kier alpha value is -2.44. The Balaban J connectivity index is 1.59. The topological polar surface area (TPSA) is 71.1 Å². The molecule has 28 heavy (non-hydrogen) atoms. The van der Waals surface area contributed by atoms with E-state index in [-0.39, 0.29) is 24.0 Å². The Bertz CT molecular complexity index is 729. The average Bonchev–Trinajstić information content (AvgIpc) is 3.13. The molecule has 0 radical (unpaired) electrons. The second-order valence-electron chi connectivity index (χ2n) is 7.60. The fourth-order valence-electron chi connectivity index (χ4n) is 4.36. The van der Waals surface area contributed by atoms with Crippen molar-refractivity contribution < 1.29 is 19.1 Å². The van der Waals surface area contributed by atoms with E-state index >= 15 is 0 Å². The molecule has 154 valence electrons. The van der Waals surface area contributed by atoms with Crippen LogP contribution in [0.3, 0.4) is 0 Å². The monoisotopic (exact) mass is 389 g/mol. The molecule has 3 amide bonds. The minimum atomic E-state index is -0.148. The van der Waals surface area contributed by atoms with Gasteiger partial charge in [-0.15, -0.1) is 0 Å². The lowest BCUT2D eigenvalue weighted by atomic mass is 10.0. The molecule has 7 heteroatoms. The number of benzene rings is 1. The maximum atomic E-state index is 12.7. The molecular formula is C21H31N3O4. The molecule has 1 atom stereocenters. The number of methoxy groups -OCH3 is 2. The van der Waals surface area contributed by atoms with E-state index in [2.05, 4.69) is 5.32 Å². The van der Waals surface area contributed by atoms with Gasteiger partial charge in [-0.1, -0.05) is 6.07 Å². The van der Waals surface area contributed by atoms with Crippen LogP contribution in [0.5, 0.6) is 11.5 Å². The van der Waals surface area contributed by atoms with Crippen LogP contribution in [0, 0.1) is 6.92 Å². The molecule has 2 aliphatic rings. The number of piperidine rings is 1. The number of hydrogen-bond donors (Lipinski definition) is 1. The highest BCUT2D eigenvalue weighted by atomic mass is 16.5. The number of carbonyl (C=O) groups is 2. The maximum Gasteiger partial charge on any atom is 0.317 e. The van der Waals surface area contributed by atoms with Gasteiger partial charge in [-0.25, -0.2) is 4.79 Å². The standard InChI is InChI=1S/C21H31N3O4/c1-14-17(7-8-18(27-3)20(14)28-4)15(2)22-21(26)23-12-9-16(10-13-23)24-11-5-6-19(24)25/h7-8,15-16H,5-6,9-13H2,1-4H3,(H,22,26). The first-order valence-corrected chi connectivity index (χ1v) is 10.0. The van der Waals surface area contributed by atoms with E-state index in [1.807, 2.05) is 35.8 Å². The van der Waals surface area contributed by atoms with Gasteiger partial charge in [-0.05, 0) is 44.7 Å². The summed E-state index contributed by atoms with van der Waals surface area (Å²) in [6, 6.07) is 3.90. The Morgan fingerprint density at radius 3 is 2.46 bits per heavy atom. The van der Waals surface area contributed by atoms with Crippen LogP contribution in [0.4, 0.5) is 4.79 Å². The maximum absolute atomic E-state index is 12.7. The third kappa shape index (κ3) is 4.03. The number of hydrogen-bond acceptors (Lipinski definition) is 4. The van der Waals surface area contributed by atoms with E-state index < -0.39 is 0 Å². The van der Waals surface area contributed by atoms with Gasteiger partial charge in [0.05, 0.1) is 20.3 Å². The number of urea groups is 1. The van der Waals surface area contributed by atoms with Crippen molar-refractivity contribution in [2.24, 2.45) is 0 Å². The van der Waals surface area contributed by atoms with Crippen molar-refractivity contribution in [1.82, 2.24) is 15.1 Å². The summed E-state index contributed by atoms with van der Waals surface area (Å²) >= 11 is 0. The highest BCUT2D eigenvalue weighted by Gasteiger charge is 2.32. The molecular weight excluding hydrogens is 358 g/mol. The zero-order chi connectivity index (χ0) is 20.3. The Morgan fingerprint density at radius 2 is 1.89 bits per heavy atom. The molecule has 2 saturated heterocycles. The number of ether oxygens (including phenoxy) is 2. The normalized spacial score (nSPS) is 18.9. The fourth-order valence-corrected chi connectivity index (χ4v) is 4.36. The summed E-state index contributed by atoms with van der Waals surface area (Å²) in [7, 11) is 3.23. The summed E-state index contributed by atoms with van der Waals surface area (Å²) in [5.74, 6) is 1.64. The molecule has 0 aromatic heterocycles. The highest BCUT2D eigenvalue weighted by molar-refractivity contribution is 5.78. The van der Waals surface area contributed by atoms with Crippen LogP contribution in [0.2, 0.25) is 0 Å². The summed E-state index contributed by atoms with van der Waals surface area (Å²) in [5.41, 5.74) is 1.96. The van der Waals surface area contributed by atoms with Gasteiger partial charge in [0.25, 0.3) is 0 Å². The van der Waals surface area contributed by atoms with Crippen LogP contribution in [0.25, 0.3) is 0 Å². The quantitative estimate of drug-likeness (QED) is 0.841. The summed E-state index contributed by atoms with van der Waals surface area (Å²) in [4.78, 5) is 28.5. The first-order valence-electron chi connectivity index (χ1n) is 10.0. The van der Waals surface area contributed by atoms with Crippen LogP contribution in [-0.2, 0) is 4.79 Å². The number of rotatable bonds is 5. The highest BCUT2D eigenvalue weighted by Crippen LogP contribution is 2.35. The summed E-state index contributed by atoms with van der Waals surface area (Å²) in [6.45, 7) is 6.17. The molecule has 1 N–H and O–H groups in total. The lowest BCUT2D eigenvalue weighted by Gasteiger charge is -2.37. The van der Waals surface area contributed by atoms with Crippen LogP contribution in [0.1, 0.15) is 49.8 Å². The smallest absolute Gasteiger partial charge is 0.317 e. The van der Waals surface area contributed by atoms with Crippen molar-refractivity contribution in [1.29, 1.82) is 0 Å². The molecule has 3 rings (SSSR count). The molecule has 2 aliphatic heterocycles. The van der Waals surface area contributed by atoms with Crippen molar-refractivity contribution in [3.63, 3.8) is 0 Å². The number of carbonyl (C=O) groups excluding carboxylic acids is 2. The van der Waals surface area contributed by atoms with Crippen LogP contribution in [-0.4, -0.2) is 61.6 Å². The van der Waals surface area contributed by atoms with Gasteiger partial charge in [0.2, 0.25) is 5.91 Å². The van der Waals surface area contributed by atoms with Gasteiger partial charge in [-0.2, -0.15) is 0 Å². The van der Waals surface area contributed by atoms with Gasteiger partial charge < -0.3 is 24.6 Å². The number of amides is 3. The van der Waals surface area contributed by atoms with Gasteiger partial charge in [0, 0.05) is 37.7 Å². The third-order valence-electron chi connectivity index (χ3n) is 5.94. The SMILES string of the molecule is COc1ccc(C(C)NC(=O)N2CCC(N3CCCC3=O)CC2)c(C)c1OC. The first kappa shape index (κ1) is 20.3. The molecule has 0 aliphatic carbocycles. The van der Waals surface area contributed by atoms with Crippen molar-refractivity contribution in [2.75, 3.05) is 33.9 Å². The number of nitrogens with zero attached hydrogens (tertiary/aromatic N) is 2. The minimum Gasteiger partial charge on any atom is -0.493 e. The molecule has 1 aromatic rings. The summed E-state index contributed by atoms with van der Waals surface area (Å²) < 4.78 is 10.8. The molecule has 2 fully saturated rings. The largest absolute Gasteiger partial charge is 0.493 e. The van der Waals surface area contributed by atoms with Gasteiger partial charge in [-0.3, -0.25) is 4.79 Å². The zero-order valence-electron chi connectivity index (χ0n) is 17.3. The van der Waals surface area contributed by atoms with Crippen molar-refractivity contribution in [3.8, 4) is 11.5 Å². The van der Waals surface area contributed by atoms with Gasteiger partial charge >= 0.3 is 6.03 Å². The molecule has 2 heterocycles. The molecule has 1 aromatic carbocycles. The molecule has 7 nitrogen and oxygen atoms in total. The van der Waals surface area contributed by atoms with Crippen molar-refractivity contribution in [2.45, 2.75) is 51.6 Å². The average molecular weight is 389 g/mol. The van der Waals surface area contributed by atoms with Crippen LogP contribution < -0.4 is 14.8 Å². The van der Waals surface area contributed by atoms with Crippen molar-refractivity contribution in [3.05, 3.63) is 23.3 Å². The molecule has 1 unspecified atom stereocenters. The van der Waals surface area contributed by atoms with Gasteiger partial charge in [0.15, 0.2) is 11.5 Å². The van der Waals surface area contributed by atoms with Crippen molar-refractivity contribution >= 4 is 11.9 Å². The zero-order valence-corrected chi connectivity index (χ0v) is 17.3. The van der Waals surface area contributed by atoms with E-state index in [1.165, 1.54) is 0 Å². The molecule has 0 bridgehead atoms. The van der Waals surface area contributed by atoms with E-state index in [1.54, 1.807) is 14.2 Å². The Labute approximate surface area is 167 Å². The Morgan fingerprint density at radius 1 is 1.18 bits per heavy atom. The number of nitrogens with one attached hydrogen (secondary N) is 1. The lowest BCUT2D eigenvalue weighted by molar-refractivity contribution is -0.130. The third-order valence-corrected chi connectivity index (χ3v) is 5.94. The van der Waals surface area contributed by atoms with E-state index in [0.717, 1.165) is 36.9 Å². The van der Waals surface area contributed by atoms with Crippen LogP contribution in [0.15, 0.2) is 12.1 Å². The molecule has 0 spiro atoms. The minimum absolute atomic E-state index is 0.0621. The van der Waals surface area contributed by atoms with Gasteiger partial charge in [0.1, 0.15) is 0 Å². The van der Waals surface area contributed by atoms with E-state index in [4.69, 9.17) is 9.47 Å². The molecule has 0 saturated carbocycles. The second kappa shape index (κ2) is 8.71. The lowest BCUT2D eigenvalue weighted by Crippen LogP contribution is -2.50. The van der Waals surface area contributed by atoms with Crippen LogP contribution >= 0.6 is 0 Å². The van der Waals surface area contributed by atoms with E-state index in [0.29, 0.717) is 31.0 Å². The predicted molar refractivity (Wildman–Crippen MR) is 107 cm³/mol.